The van der Waals surface area contributed by atoms with Crippen molar-refractivity contribution >= 4 is 11.6 Å². The van der Waals surface area contributed by atoms with E-state index >= 15 is 0 Å². The first-order valence-corrected chi connectivity index (χ1v) is 9.66. The zero-order chi connectivity index (χ0) is 21.8. The molecule has 6 nitrogen and oxygen atoms in total. The summed E-state index contributed by atoms with van der Waals surface area (Å²) in [6, 6.07) is 6.36. The molecule has 0 saturated carbocycles. The minimum Gasteiger partial charge on any atom is -0.366 e. The Hall–Kier alpha value is -3.15. The Kier molecular flexibility index (Phi) is 6.55. The summed E-state index contributed by atoms with van der Waals surface area (Å²) in [6.07, 6.45) is -0.830. The molecule has 1 aliphatic heterocycles. The second kappa shape index (κ2) is 9.11. The Morgan fingerprint density at radius 3 is 2.70 bits per heavy atom. The molecule has 1 amide bonds. The molecule has 2 heterocycles. The van der Waals surface area contributed by atoms with Crippen molar-refractivity contribution in [1.29, 1.82) is 5.26 Å². The molecule has 9 heteroatoms. The Labute approximate surface area is 172 Å². The number of hydrogen-bond donors (Lipinski definition) is 0. The van der Waals surface area contributed by atoms with Gasteiger partial charge in [-0.15, -0.1) is 5.10 Å². The predicted molar refractivity (Wildman–Crippen MR) is 105 cm³/mol. The normalized spacial score (nSPS) is 16.8. The third-order valence-corrected chi connectivity index (χ3v) is 4.99. The lowest BCUT2D eigenvalue weighted by Gasteiger charge is -2.42. The van der Waals surface area contributed by atoms with Crippen LogP contribution in [0.25, 0.3) is 0 Å². The summed E-state index contributed by atoms with van der Waals surface area (Å²) in [5, 5.41) is 16.8. The summed E-state index contributed by atoms with van der Waals surface area (Å²) in [4.78, 5) is 15.3. The maximum absolute atomic E-state index is 14.5. The topological polar surface area (TPSA) is 73.1 Å². The lowest BCUT2D eigenvalue weighted by atomic mass is 9.99. The van der Waals surface area contributed by atoms with Gasteiger partial charge in [-0.25, -0.2) is 13.2 Å². The third-order valence-electron chi connectivity index (χ3n) is 4.99. The molecule has 0 spiro atoms. The van der Waals surface area contributed by atoms with Crippen LogP contribution < -0.4 is 4.90 Å². The number of rotatable bonds is 5. The highest BCUT2D eigenvalue weighted by atomic mass is 19.3. The van der Waals surface area contributed by atoms with E-state index in [1.54, 1.807) is 11.0 Å². The summed E-state index contributed by atoms with van der Waals surface area (Å²) in [6.45, 7) is 3.93. The van der Waals surface area contributed by atoms with E-state index in [9.17, 15) is 23.2 Å². The van der Waals surface area contributed by atoms with E-state index in [1.165, 1.54) is 24.4 Å². The van der Waals surface area contributed by atoms with Crippen molar-refractivity contribution in [1.82, 2.24) is 15.1 Å². The Morgan fingerprint density at radius 2 is 2.10 bits per heavy atom. The van der Waals surface area contributed by atoms with Crippen LogP contribution in [0.3, 0.4) is 0 Å². The minimum absolute atomic E-state index is 0.00862. The predicted octanol–water partition coefficient (Wildman–Crippen LogP) is 3.28. The first kappa shape index (κ1) is 21.6. The van der Waals surface area contributed by atoms with E-state index in [0.29, 0.717) is 12.0 Å². The van der Waals surface area contributed by atoms with Crippen LogP contribution in [0.5, 0.6) is 0 Å². The number of nitrogens with zero attached hydrogens (tertiary/aromatic N) is 5. The van der Waals surface area contributed by atoms with Crippen LogP contribution in [0.15, 0.2) is 30.5 Å². The van der Waals surface area contributed by atoms with Crippen molar-refractivity contribution in [3.05, 3.63) is 53.1 Å². The number of alkyl halides is 2. The number of anilines is 1. The maximum Gasteiger partial charge on any atom is 0.274 e. The number of nitriles is 1. The van der Waals surface area contributed by atoms with E-state index in [0.717, 1.165) is 4.90 Å². The van der Waals surface area contributed by atoms with Crippen molar-refractivity contribution in [2.24, 2.45) is 5.92 Å². The number of carbonyl (C=O) groups is 1. The van der Waals surface area contributed by atoms with E-state index in [1.807, 2.05) is 19.9 Å². The quantitative estimate of drug-likeness (QED) is 0.747. The minimum atomic E-state index is -2.82. The number of halogens is 3. The molecular weight excluding hydrogens is 395 g/mol. The Morgan fingerprint density at radius 1 is 1.33 bits per heavy atom. The van der Waals surface area contributed by atoms with Gasteiger partial charge in [0, 0.05) is 25.8 Å². The van der Waals surface area contributed by atoms with Gasteiger partial charge in [0.05, 0.1) is 5.69 Å². The van der Waals surface area contributed by atoms with Gasteiger partial charge < -0.3 is 9.80 Å². The molecule has 0 aliphatic carbocycles. The van der Waals surface area contributed by atoms with Gasteiger partial charge in [0.1, 0.15) is 23.5 Å². The second-order valence-corrected chi connectivity index (χ2v) is 7.64. The van der Waals surface area contributed by atoms with Crippen LogP contribution in [0.4, 0.5) is 18.9 Å². The molecule has 0 unspecified atom stereocenters. The number of benzene rings is 1. The molecule has 3 rings (SSSR count). The molecule has 1 fully saturated rings. The van der Waals surface area contributed by atoms with Gasteiger partial charge in [-0.1, -0.05) is 13.8 Å². The van der Waals surface area contributed by atoms with Gasteiger partial charge in [0.25, 0.3) is 12.3 Å². The van der Waals surface area contributed by atoms with E-state index in [4.69, 9.17) is 0 Å². The first-order valence-electron chi connectivity index (χ1n) is 9.66. The largest absolute Gasteiger partial charge is 0.366 e. The summed E-state index contributed by atoms with van der Waals surface area (Å²) < 4.78 is 42.2. The van der Waals surface area contributed by atoms with Crippen molar-refractivity contribution in [2.45, 2.75) is 32.7 Å². The molecule has 1 aromatic heterocycles. The monoisotopic (exact) mass is 417 g/mol. The van der Waals surface area contributed by atoms with Gasteiger partial charge >= 0.3 is 0 Å². The molecule has 30 heavy (non-hydrogen) atoms. The van der Waals surface area contributed by atoms with Gasteiger partial charge in [0.2, 0.25) is 0 Å². The fourth-order valence-corrected chi connectivity index (χ4v) is 3.66. The van der Waals surface area contributed by atoms with Crippen molar-refractivity contribution in [3.63, 3.8) is 0 Å². The molecule has 2 aromatic rings. The fraction of sp³-hybridized carbons (Fsp3) is 0.429. The number of aromatic nitrogens is 2. The highest BCUT2D eigenvalue weighted by molar-refractivity contribution is 5.92. The SMILES string of the molecule is CC(C)Cc1cc(F)c(C#N)c(N2CCN(C(=O)c3cccnn3)[C@@H](C(F)F)C2)c1. The molecule has 1 atom stereocenters. The summed E-state index contributed by atoms with van der Waals surface area (Å²) in [5.41, 5.74) is 0.789. The Balaban J connectivity index is 1.91. The van der Waals surface area contributed by atoms with Crippen molar-refractivity contribution in [2.75, 3.05) is 24.5 Å². The second-order valence-electron chi connectivity index (χ2n) is 7.64. The van der Waals surface area contributed by atoms with Gasteiger partial charge in [0.15, 0.2) is 5.69 Å². The number of piperazine rings is 1. The van der Waals surface area contributed by atoms with Crippen LogP contribution in [0.1, 0.15) is 35.5 Å². The van der Waals surface area contributed by atoms with Gasteiger partial charge in [-0.3, -0.25) is 4.79 Å². The van der Waals surface area contributed by atoms with Gasteiger partial charge in [-0.2, -0.15) is 10.4 Å². The van der Waals surface area contributed by atoms with E-state index in [2.05, 4.69) is 10.2 Å². The zero-order valence-corrected chi connectivity index (χ0v) is 16.7. The molecule has 0 bridgehead atoms. The Bertz CT molecular complexity index is 946. The summed E-state index contributed by atoms with van der Waals surface area (Å²) in [7, 11) is 0. The smallest absolute Gasteiger partial charge is 0.274 e. The molecule has 158 valence electrons. The van der Waals surface area contributed by atoms with Crippen molar-refractivity contribution < 1.29 is 18.0 Å². The molecule has 1 saturated heterocycles. The number of hydrogen-bond acceptors (Lipinski definition) is 5. The molecule has 1 aromatic carbocycles. The van der Waals surface area contributed by atoms with E-state index in [-0.39, 0.29) is 42.5 Å². The highest BCUT2D eigenvalue weighted by Crippen LogP contribution is 2.30. The van der Waals surface area contributed by atoms with Gasteiger partial charge in [-0.05, 0) is 42.2 Å². The van der Waals surface area contributed by atoms with Crippen LogP contribution in [0.2, 0.25) is 0 Å². The van der Waals surface area contributed by atoms with Crippen molar-refractivity contribution in [3.8, 4) is 6.07 Å². The number of carbonyl (C=O) groups excluding carboxylic acids is 1. The van der Waals surface area contributed by atoms with Crippen LogP contribution >= 0.6 is 0 Å². The number of amides is 1. The molecule has 0 N–H and O–H groups in total. The molecule has 0 radical (unpaired) electrons. The summed E-state index contributed by atoms with van der Waals surface area (Å²) >= 11 is 0. The van der Waals surface area contributed by atoms with Crippen LogP contribution in [-0.2, 0) is 6.42 Å². The fourth-order valence-electron chi connectivity index (χ4n) is 3.66. The lowest BCUT2D eigenvalue weighted by molar-refractivity contribution is 0.0169. The highest BCUT2D eigenvalue weighted by Gasteiger charge is 2.38. The molecule has 1 aliphatic rings. The molecular formula is C21H22F3N5O. The average Bonchev–Trinajstić information content (AvgIpc) is 2.72. The summed E-state index contributed by atoms with van der Waals surface area (Å²) in [5.74, 6) is -1.04. The third kappa shape index (κ3) is 4.53. The zero-order valence-electron chi connectivity index (χ0n) is 16.7. The average molecular weight is 417 g/mol. The van der Waals surface area contributed by atoms with Crippen LogP contribution in [0, 0.1) is 23.1 Å². The first-order chi connectivity index (χ1) is 14.3. The maximum atomic E-state index is 14.5. The van der Waals surface area contributed by atoms with E-state index < -0.39 is 24.2 Å². The standard InChI is InChI=1S/C21H22F3N5O/c1-13(2)8-14-9-16(22)15(11-25)18(10-14)28-6-7-29(19(12-28)20(23)24)21(30)17-4-3-5-26-27-17/h3-5,9-10,13,19-20H,6-8,12H2,1-2H3/t19-/m1/s1. The lowest BCUT2D eigenvalue weighted by Crippen LogP contribution is -2.58. The van der Waals surface area contributed by atoms with Crippen LogP contribution in [-0.4, -0.2) is 53.1 Å².